The van der Waals surface area contributed by atoms with Crippen molar-refractivity contribution >= 4 is 22.4 Å². The molecule has 0 radical (unpaired) electrons. The summed E-state index contributed by atoms with van der Waals surface area (Å²) in [6.07, 6.45) is 0.848. The van der Waals surface area contributed by atoms with E-state index in [1.165, 1.54) is 5.39 Å². The summed E-state index contributed by atoms with van der Waals surface area (Å²) in [5.74, 6) is 0.696. The first kappa shape index (κ1) is 13.1. The number of hydrogen-bond donors (Lipinski definition) is 0. The Morgan fingerprint density at radius 1 is 1.00 bits per heavy atom. The Balaban J connectivity index is 2.26. The van der Waals surface area contributed by atoms with Crippen molar-refractivity contribution in [1.82, 2.24) is 9.97 Å². The summed E-state index contributed by atoms with van der Waals surface area (Å²) in [4.78, 5) is 9.11. The van der Waals surface area contributed by atoms with Gasteiger partial charge in [-0.05, 0) is 24.1 Å². The molecule has 3 aromatic rings. The first-order chi connectivity index (χ1) is 9.70. The molecule has 0 atom stereocenters. The van der Waals surface area contributed by atoms with Crippen LogP contribution < -0.4 is 0 Å². The molecule has 0 amide bonds. The Bertz CT molecular complexity index is 753. The van der Waals surface area contributed by atoms with Crippen molar-refractivity contribution in [3.8, 4) is 11.4 Å². The van der Waals surface area contributed by atoms with Gasteiger partial charge in [0.15, 0.2) is 5.82 Å². The molecule has 2 nitrogen and oxygen atoms in total. The van der Waals surface area contributed by atoms with Crippen molar-refractivity contribution < 1.29 is 0 Å². The minimum atomic E-state index is 0.558. The molecule has 100 valence electrons. The number of rotatable bonds is 2. The molecular weight excluding hydrogens is 268 g/mol. The molecule has 1 aromatic heterocycles. The van der Waals surface area contributed by atoms with Gasteiger partial charge in [-0.3, -0.25) is 0 Å². The van der Waals surface area contributed by atoms with E-state index in [1.807, 2.05) is 31.2 Å². The fourth-order valence-corrected chi connectivity index (χ4v) is 2.85. The summed E-state index contributed by atoms with van der Waals surface area (Å²) in [5, 5.41) is 2.89. The Kier molecular flexibility index (Phi) is 3.41. The predicted molar refractivity (Wildman–Crippen MR) is 84.1 cm³/mol. The zero-order chi connectivity index (χ0) is 14.1. The topological polar surface area (TPSA) is 25.8 Å². The number of fused-ring (bicyclic) bond motifs is 1. The molecule has 0 aliphatic rings. The second-order valence-electron chi connectivity index (χ2n) is 4.78. The Morgan fingerprint density at radius 3 is 2.50 bits per heavy atom. The first-order valence-electron chi connectivity index (χ1n) is 6.72. The van der Waals surface area contributed by atoms with E-state index in [9.17, 15) is 0 Å². The third-order valence-electron chi connectivity index (χ3n) is 3.55. The zero-order valence-corrected chi connectivity index (χ0v) is 12.3. The van der Waals surface area contributed by atoms with Crippen molar-refractivity contribution in [3.63, 3.8) is 0 Å². The van der Waals surface area contributed by atoms with Crippen LogP contribution in [0.15, 0.2) is 42.5 Å². The average Bonchev–Trinajstić information content (AvgIpc) is 2.46. The molecule has 2 aromatic carbocycles. The molecule has 0 spiro atoms. The van der Waals surface area contributed by atoms with E-state index in [4.69, 9.17) is 11.6 Å². The van der Waals surface area contributed by atoms with Crippen LogP contribution in [0.4, 0.5) is 0 Å². The van der Waals surface area contributed by atoms with E-state index in [0.717, 1.165) is 28.6 Å². The summed E-state index contributed by atoms with van der Waals surface area (Å²) < 4.78 is 0. The quantitative estimate of drug-likeness (QED) is 0.630. The molecule has 0 fully saturated rings. The maximum Gasteiger partial charge on any atom is 0.161 e. The van der Waals surface area contributed by atoms with E-state index in [1.54, 1.807) is 0 Å². The largest absolute Gasteiger partial charge is 0.233 e. The molecule has 0 aliphatic heterocycles. The summed E-state index contributed by atoms with van der Waals surface area (Å²) in [5.41, 5.74) is 3.00. The summed E-state index contributed by atoms with van der Waals surface area (Å²) in [6, 6.07) is 14.4. The van der Waals surface area contributed by atoms with Gasteiger partial charge in [-0.25, -0.2) is 9.97 Å². The Labute approximate surface area is 123 Å². The average molecular weight is 283 g/mol. The van der Waals surface area contributed by atoms with Crippen LogP contribution in [0.1, 0.15) is 18.2 Å². The highest BCUT2D eigenvalue weighted by Crippen LogP contribution is 2.28. The Hall–Kier alpha value is -1.93. The molecule has 1 heterocycles. The fraction of sp³-hybridized carbons (Fsp3) is 0.176. The van der Waals surface area contributed by atoms with Crippen LogP contribution in [-0.4, -0.2) is 9.97 Å². The van der Waals surface area contributed by atoms with Crippen LogP contribution in [-0.2, 0) is 6.42 Å². The van der Waals surface area contributed by atoms with Gasteiger partial charge in [0.05, 0.1) is 0 Å². The molecular formula is C17H15ClN2. The van der Waals surface area contributed by atoms with E-state index in [2.05, 4.69) is 35.1 Å². The summed E-state index contributed by atoms with van der Waals surface area (Å²) in [7, 11) is 0. The number of benzene rings is 2. The van der Waals surface area contributed by atoms with Crippen molar-refractivity contribution in [2.24, 2.45) is 0 Å². The molecule has 20 heavy (non-hydrogen) atoms. The van der Waals surface area contributed by atoms with E-state index >= 15 is 0 Å². The number of aryl methyl sites for hydroxylation is 1. The van der Waals surface area contributed by atoms with Crippen molar-refractivity contribution in [2.45, 2.75) is 20.3 Å². The monoisotopic (exact) mass is 282 g/mol. The molecule has 0 saturated carbocycles. The van der Waals surface area contributed by atoms with Crippen LogP contribution in [0.5, 0.6) is 0 Å². The lowest BCUT2D eigenvalue weighted by Crippen LogP contribution is -1.99. The van der Waals surface area contributed by atoms with Crippen molar-refractivity contribution in [2.75, 3.05) is 0 Å². The Morgan fingerprint density at radius 2 is 1.75 bits per heavy atom. The van der Waals surface area contributed by atoms with Gasteiger partial charge in [-0.2, -0.15) is 0 Å². The van der Waals surface area contributed by atoms with Gasteiger partial charge < -0.3 is 0 Å². The third kappa shape index (κ3) is 2.16. The van der Waals surface area contributed by atoms with Gasteiger partial charge in [0.25, 0.3) is 0 Å². The molecule has 0 aliphatic carbocycles. The van der Waals surface area contributed by atoms with Gasteiger partial charge in [0.2, 0.25) is 0 Å². The zero-order valence-electron chi connectivity index (χ0n) is 11.5. The minimum absolute atomic E-state index is 0.558. The minimum Gasteiger partial charge on any atom is -0.233 e. The van der Waals surface area contributed by atoms with Gasteiger partial charge >= 0.3 is 0 Å². The van der Waals surface area contributed by atoms with Crippen LogP contribution >= 0.6 is 11.6 Å². The smallest absolute Gasteiger partial charge is 0.161 e. The lowest BCUT2D eigenvalue weighted by atomic mass is 10.0. The van der Waals surface area contributed by atoms with Crippen LogP contribution in [0, 0.1) is 6.92 Å². The SMILES string of the molecule is CCc1c(C)nc(-c2cccc3ccccc23)nc1Cl. The second-order valence-corrected chi connectivity index (χ2v) is 5.14. The van der Waals surface area contributed by atoms with Crippen molar-refractivity contribution in [3.05, 3.63) is 58.9 Å². The lowest BCUT2D eigenvalue weighted by molar-refractivity contribution is 1.00. The fourth-order valence-electron chi connectivity index (χ4n) is 2.50. The predicted octanol–water partition coefficient (Wildman–Crippen LogP) is 4.82. The van der Waals surface area contributed by atoms with E-state index in [0.29, 0.717) is 11.0 Å². The molecule has 0 unspecified atom stereocenters. The van der Waals surface area contributed by atoms with Gasteiger partial charge in [-0.15, -0.1) is 0 Å². The maximum absolute atomic E-state index is 6.28. The second kappa shape index (κ2) is 5.22. The number of aromatic nitrogens is 2. The highest BCUT2D eigenvalue weighted by molar-refractivity contribution is 6.30. The number of hydrogen-bond acceptors (Lipinski definition) is 2. The van der Waals surface area contributed by atoms with Crippen LogP contribution in [0.3, 0.4) is 0 Å². The van der Waals surface area contributed by atoms with Gasteiger partial charge in [0, 0.05) is 16.8 Å². The maximum atomic E-state index is 6.28. The lowest BCUT2D eigenvalue weighted by Gasteiger charge is -2.09. The van der Waals surface area contributed by atoms with Crippen molar-refractivity contribution in [1.29, 1.82) is 0 Å². The molecule has 0 N–H and O–H groups in total. The summed E-state index contributed by atoms with van der Waals surface area (Å²) in [6.45, 7) is 4.05. The third-order valence-corrected chi connectivity index (χ3v) is 3.86. The molecule has 3 rings (SSSR count). The first-order valence-corrected chi connectivity index (χ1v) is 7.09. The number of nitrogens with zero attached hydrogens (tertiary/aromatic N) is 2. The normalized spacial score (nSPS) is 10.9. The standard InChI is InChI=1S/C17H15ClN2/c1-3-13-11(2)19-17(20-16(13)18)15-10-6-8-12-7-4-5-9-14(12)15/h4-10H,3H2,1-2H3. The van der Waals surface area contributed by atoms with Crippen LogP contribution in [0.2, 0.25) is 5.15 Å². The highest BCUT2D eigenvalue weighted by Gasteiger charge is 2.11. The number of halogens is 1. The molecule has 0 saturated heterocycles. The summed E-state index contributed by atoms with van der Waals surface area (Å²) >= 11 is 6.28. The van der Waals surface area contributed by atoms with E-state index < -0.39 is 0 Å². The van der Waals surface area contributed by atoms with Gasteiger partial charge in [0.1, 0.15) is 5.15 Å². The molecule has 0 bridgehead atoms. The van der Waals surface area contributed by atoms with Gasteiger partial charge in [-0.1, -0.05) is 61.0 Å². The molecule has 3 heteroatoms. The van der Waals surface area contributed by atoms with E-state index in [-0.39, 0.29) is 0 Å². The van der Waals surface area contributed by atoms with Crippen LogP contribution in [0.25, 0.3) is 22.2 Å². The highest BCUT2D eigenvalue weighted by atomic mass is 35.5.